The van der Waals surface area contributed by atoms with Gasteiger partial charge in [0, 0.05) is 50.6 Å². The van der Waals surface area contributed by atoms with Gasteiger partial charge in [-0.15, -0.1) is 0 Å². The van der Waals surface area contributed by atoms with Gasteiger partial charge < -0.3 is 15.5 Å². The number of rotatable bonds is 13. The number of likely N-dealkylation sites (tertiary alicyclic amines) is 1. The van der Waals surface area contributed by atoms with Crippen molar-refractivity contribution in [1.29, 1.82) is 0 Å². The van der Waals surface area contributed by atoms with Gasteiger partial charge in [-0.2, -0.15) is 0 Å². The molecule has 0 unspecified atom stereocenters. The van der Waals surface area contributed by atoms with E-state index in [1.54, 1.807) is 30.3 Å². The second kappa shape index (κ2) is 14.6. The molecule has 0 radical (unpaired) electrons. The van der Waals surface area contributed by atoms with Crippen molar-refractivity contribution in [2.45, 2.75) is 64.9 Å². The summed E-state index contributed by atoms with van der Waals surface area (Å²) in [6.45, 7) is 15.2. The molecule has 0 saturated carbocycles. The molecule has 0 aliphatic carbocycles. The number of nitrogens with one attached hydrogen (secondary N) is 2. The van der Waals surface area contributed by atoms with E-state index < -0.39 is 10.0 Å². The van der Waals surface area contributed by atoms with Gasteiger partial charge in [-0.1, -0.05) is 63.6 Å². The molecule has 2 N–H and O–H groups in total. The monoisotopic (exact) mass is 645 g/mol. The number of carbonyl (C=O) groups is 1. The molecule has 0 spiro atoms. The molecular weight excluding hydrogens is 598 g/mol. The number of amides is 1. The van der Waals surface area contributed by atoms with Crippen molar-refractivity contribution >= 4 is 38.5 Å². The normalized spacial score (nSPS) is 15.7. The number of aromatic nitrogens is 3. The number of aryl methyl sites for hydroxylation is 1. The Morgan fingerprint density at radius 2 is 1.72 bits per heavy atom. The summed E-state index contributed by atoms with van der Waals surface area (Å²) >= 11 is 0. The number of nitrogens with zero attached hydrogens (tertiary/aromatic N) is 5. The van der Waals surface area contributed by atoms with Gasteiger partial charge in [-0.3, -0.25) is 9.69 Å². The maximum atomic E-state index is 13.4. The van der Waals surface area contributed by atoms with E-state index in [9.17, 15) is 13.2 Å². The smallest absolute Gasteiger partial charge is 0.269 e. The molecule has 5 rings (SSSR count). The minimum Gasteiger partial charge on any atom is -0.376 e. The lowest BCUT2D eigenvalue weighted by Gasteiger charge is -2.34. The molecule has 11 heteroatoms. The SMILES string of the molecule is Cc1ccc(S(=O)(=O)n2ccc3c(N[C@@H]4CCCN(C(=O)CNc5ccccc5CN(CC(C)C)CC(C)C)C4)ncnc32)cc1. The van der Waals surface area contributed by atoms with Gasteiger partial charge in [-0.05, 0) is 61.4 Å². The zero-order chi connectivity index (χ0) is 32.8. The number of fused-ring (bicyclic) bond motifs is 1. The van der Waals surface area contributed by atoms with Crippen LogP contribution in [0.1, 0.15) is 51.7 Å². The van der Waals surface area contributed by atoms with Gasteiger partial charge in [-0.25, -0.2) is 22.4 Å². The third-order valence-corrected chi connectivity index (χ3v) is 9.91. The summed E-state index contributed by atoms with van der Waals surface area (Å²) in [5.41, 5.74) is 3.48. The summed E-state index contributed by atoms with van der Waals surface area (Å²) in [6, 6.07) is 16.7. The van der Waals surface area contributed by atoms with E-state index >= 15 is 0 Å². The highest BCUT2D eigenvalue weighted by molar-refractivity contribution is 7.90. The van der Waals surface area contributed by atoms with Gasteiger partial charge in [0.2, 0.25) is 5.91 Å². The Bertz CT molecular complexity index is 1720. The number of benzene rings is 2. The first-order chi connectivity index (χ1) is 22.0. The standard InChI is InChI=1S/C35H47N7O3S/c1-25(2)20-40(21-26(3)4)22-28-9-6-7-11-32(28)36-19-33(43)41-17-8-10-29(23-41)39-34-31-16-18-42(35(31)38-24-37-34)46(44,45)30-14-12-27(5)13-15-30/h6-7,9,11-16,18,24-26,29,36H,8,10,17,19-23H2,1-5H3,(H,37,38,39)/t29-/m1/s1. The molecule has 246 valence electrons. The number of para-hydroxylation sites is 1. The second-order valence-corrected chi connectivity index (χ2v) is 15.0. The van der Waals surface area contributed by atoms with E-state index in [0.717, 1.165) is 43.7 Å². The number of hydrogen-bond donors (Lipinski definition) is 2. The summed E-state index contributed by atoms with van der Waals surface area (Å²) in [7, 11) is -3.82. The molecule has 1 saturated heterocycles. The predicted molar refractivity (Wildman–Crippen MR) is 184 cm³/mol. The van der Waals surface area contributed by atoms with Gasteiger partial charge in [0.15, 0.2) is 5.65 Å². The topological polar surface area (TPSA) is 112 Å². The summed E-state index contributed by atoms with van der Waals surface area (Å²) in [5, 5.41) is 7.52. The first kappa shape index (κ1) is 33.4. The largest absolute Gasteiger partial charge is 0.376 e. The average molecular weight is 646 g/mol. The van der Waals surface area contributed by atoms with Crippen molar-refractivity contribution in [3.63, 3.8) is 0 Å². The number of piperidine rings is 1. The summed E-state index contributed by atoms with van der Waals surface area (Å²) in [6.07, 6.45) is 4.62. The third kappa shape index (κ3) is 8.06. The second-order valence-electron chi connectivity index (χ2n) is 13.2. The van der Waals surface area contributed by atoms with E-state index in [2.05, 4.69) is 71.4 Å². The minimum atomic E-state index is -3.82. The Balaban J connectivity index is 1.23. The molecule has 1 fully saturated rings. The molecule has 1 aliphatic heterocycles. The van der Waals surface area contributed by atoms with Crippen LogP contribution in [0.4, 0.5) is 11.5 Å². The van der Waals surface area contributed by atoms with Crippen LogP contribution in [-0.2, 0) is 21.4 Å². The zero-order valence-corrected chi connectivity index (χ0v) is 28.4. The van der Waals surface area contributed by atoms with E-state index in [1.165, 1.54) is 22.1 Å². The maximum absolute atomic E-state index is 13.4. The number of hydrogen-bond acceptors (Lipinski definition) is 8. The van der Waals surface area contributed by atoms with Crippen molar-refractivity contribution in [2.75, 3.05) is 43.4 Å². The van der Waals surface area contributed by atoms with Crippen molar-refractivity contribution < 1.29 is 13.2 Å². The Morgan fingerprint density at radius 1 is 1.00 bits per heavy atom. The molecule has 1 aliphatic rings. The van der Waals surface area contributed by atoms with Crippen LogP contribution in [0.3, 0.4) is 0 Å². The summed E-state index contributed by atoms with van der Waals surface area (Å²) in [4.78, 5) is 26.7. The highest BCUT2D eigenvalue weighted by Crippen LogP contribution is 2.27. The van der Waals surface area contributed by atoms with Crippen molar-refractivity contribution in [3.8, 4) is 0 Å². The lowest BCUT2D eigenvalue weighted by Crippen LogP contribution is -2.47. The Hall–Kier alpha value is -3.96. The number of anilines is 2. The van der Waals surface area contributed by atoms with E-state index in [4.69, 9.17) is 0 Å². The fraction of sp³-hybridized carbons (Fsp3) is 0.457. The number of carbonyl (C=O) groups excluding carboxylic acids is 1. The van der Waals surface area contributed by atoms with Gasteiger partial charge in [0.05, 0.1) is 16.8 Å². The molecule has 2 aromatic heterocycles. The lowest BCUT2D eigenvalue weighted by molar-refractivity contribution is -0.130. The van der Waals surface area contributed by atoms with Gasteiger partial charge in [0.25, 0.3) is 10.0 Å². The molecular formula is C35H47N7O3S. The Kier molecular flexibility index (Phi) is 10.6. The molecule has 3 heterocycles. The van der Waals surface area contributed by atoms with Crippen molar-refractivity contribution in [2.24, 2.45) is 11.8 Å². The van der Waals surface area contributed by atoms with Crippen LogP contribution >= 0.6 is 0 Å². The Morgan fingerprint density at radius 3 is 2.43 bits per heavy atom. The van der Waals surface area contributed by atoms with Crippen molar-refractivity contribution in [1.82, 2.24) is 23.7 Å². The molecule has 4 aromatic rings. The third-order valence-electron chi connectivity index (χ3n) is 8.23. The summed E-state index contributed by atoms with van der Waals surface area (Å²) in [5.74, 6) is 1.75. The predicted octanol–water partition coefficient (Wildman–Crippen LogP) is 5.61. The summed E-state index contributed by atoms with van der Waals surface area (Å²) < 4.78 is 28.0. The van der Waals surface area contributed by atoms with Gasteiger partial charge in [0.1, 0.15) is 12.1 Å². The van der Waals surface area contributed by atoms with Gasteiger partial charge >= 0.3 is 0 Å². The Labute approximate surface area is 273 Å². The van der Waals surface area contributed by atoms with Crippen LogP contribution in [0.15, 0.2) is 72.0 Å². The first-order valence-electron chi connectivity index (χ1n) is 16.2. The van der Waals surface area contributed by atoms with Crippen LogP contribution in [0.5, 0.6) is 0 Å². The highest BCUT2D eigenvalue weighted by atomic mass is 32.2. The molecule has 2 aromatic carbocycles. The molecule has 0 bridgehead atoms. The van der Waals surface area contributed by atoms with Crippen LogP contribution in [0.25, 0.3) is 11.0 Å². The first-order valence-corrected chi connectivity index (χ1v) is 17.7. The van der Waals surface area contributed by atoms with Crippen LogP contribution < -0.4 is 10.6 Å². The molecule has 1 amide bonds. The van der Waals surface area contributed by atoms with E-state index in [-0.39, 0.29) is 23.4 Å². The fourth-order valence-electron chi connectivity index (χ4n) is 6.17. The molecule has 46 heavy (non-hydrogen) atoms. The van der Waals surface area contributed by atoms with Crippen LogP contribution in [0, 0.1) is 18.8 Å². The zero-order valence-electron chi connectivity index (χ0n) is 27.6. The minimum absolute atomic E-state index is 0.0271. The lowest BCUT2D eigenvalue weighted by atomic mass is 10.1. The van der Waals surface area contributed by atoms with Crippen LogP contribution in [0.2, 0.25) is 0 Å². The average Bonchev–Trinajstić information content (AvgIpc) is 3.46. The van der Waals surface area contributed by atoms with Crippen LogP contribution in [-0.4, -0.2) is 76.8 Å². The van der Waals surface area contributed by atoms with E-state index in [0.29, 0.717) is 41.8 Å². The fourth-order valence-corrected chi connectivity index (χ4v) is 7.47. The molecule has 1 atom stereocenters. The molecule has 10 nitrogen and oxygen atoms in total. The quantitative estimate of drug-likeness (QED) is 0.193. The van der Waals surface area contributed by atoms with E-state index in [1.807, 2.05) is 17.9 Å². The maximum Gasteiger partial charge on any atom is 0.269 e. The van der Waals surface area contributed by atoms with Crippen molar-refractivity contribution in [3.05, 3.63) is 78.2 Å². The highest BCUT2D eigenvalue weighted by Gasteiger charge is 2.26.